The van der Waals surface area contributed by atoms with E-state index in [1.807, 2.05) is 0 Å². The fourth-order valence-corrected chi connectivity index (χ4v) is 4.26. The lowest BCUT2D eigenvalue weighted by Gasteiger charge is -2.28. The van der Waals surface area contributed by atoms with E-state index in [0.29, 0.717) is 21.8 Å². The smallest absolute Gasteiger partial charge is 0.338 e. The first-order valence-corrected chi connectivity index (χ1v) is 12.6. The Kier molecular flexibility index (Phi) is 10.6. The third-order valence-corrected chi connectivity index (χ3v) is 5.87. The van der Waals surface area contributed by atoms with E-state index in [2.05, 4.69) is 27.1 Å². The summed E-state index contributed by atoms with van der Waals surface area (Å²) in [5.74, 6) is 1.98. The van der Waals surface area contributed by atoms with Crippen LogP contribution in [0.15, 0.2) is 46.7 Å². The summed E-state index contributed by atoms with van der Waals surface area (Å²) in [6, 6.07) is 6.56. The Bertz CT molecular complexity index is 1400. The number of terminal acetylenes is 1. The van der Waals surface area contributed by atoms with Gasteiger partial charge in [0.1, 0.15) is 12.4 Å². The van der Waals surface area contributed by atoms with Crippen LogP contribution in [0.3, 0.4) is 0 Å². The van der Waals surface area contributed by atoms with Gasteiger partial charge in [0.15, 0.2) is 18.1 Å². The van der Waals surface area contributed by atoms with E-state index in [1.165, 1.54) is 19.4 Å². The number of halogens is 2. The van der Waals surface area contributed by atoms with Crippen molar-refractivity contribution in [3.63, 3.8) is 0 Å². The number of benzene rings is 2. The van der Waals surface area contributed by atoms with Gasteiger partial charge in [0.25, 0.3) is 5.91 Å². The van der Waals surface area contributed by atoms with Crippen molar-refractivity contribution in [2.45, 2.75) is 19.9 Å². The van der Waals surface area contributed by atoms with E-state index in [4.69, 9.17) is 48.6 Å². The Labute approximate surface area is 240 Å². The summed E-state index contributed by atoms with van der Waals surface area (Å²) < 4.78 is 21.6. The Hall–Kier alpha value is -4.40. The van der Waals surface area contributed by atoms with Crippen molar-refractivity contribution in [3.05, 3.63) is 62.8 Å². The van der Waals surface area contributed by atoms with E-state index in [0.717, 1.165) is 0 Å². The summed E-state index contributed by atoms with van der Waals surface area (Å²) in [6.07, 6.45) is 6.54. The molecule has 0 aromatic heterocycles. The van der Waals surface area contributed by atoms with Gasteiger partial charge in [0.2, 0.25) is 0 Å². The molecule has 0 aliphatic carbocycles. The van der Waals surface area contributed by atoms with Gasteiger partial charge in [-0.3, -0.25) is 4.79 Å². The average molecular weight is 589 g/mol. The second kappa shape index (κ2) is 14.1. The van der Waals surface area contributed by atoms with Crippen molar-refractivity contribution < 1.29 is 33.3 Å². The molecule has 1 aliphatic heterocycles. The van der Waals surface area contributed by atoms with Gasteiger partial charge in [-0.2, -0.15) is 5.10 Å². The van der Waals surface area contributed by atoms with Crippen LogP contribution in [0.1, 0.15) is 31.0 Å². The maximum atomic E-state index is 12.6. The Morgan fingerprint density at radius 1 is 1.20 bits per heavy atom. The van der Waals surface area contributed by atoms with Gasteiger partial charge in [0.05, 0.1) is 36.6 Å². The minimum absolute atomic E-state index is 0.0208. The molecule has 3 rings (SSSR count). The van der Waals surface area contributed by atoms with Crippen LogP contribution in [0.2, 0.25) is 10.0 Å². The summed E-state index contributed by atoms with van der Waals surface area (Å²) in [5.41, 5.74) is 3.91. The normalized spacial score (nSPS) is 14.6. The maximum absolute atomic E-state index is 12.6. The predicted octanol–water partition coefficient (Wildman–Crippen LogP) is 3.73. The number of urea groups is 1. The standard InChI is InChI=1S/C27H26Cl2N4O7/c1-5-9-39-25-17(10-18(28)12-19(25)29)13-30-33-22(34)14-40-20-8-7-16(11-21(20)37-4)24-23(26(35)38-6-2)15(3)31-27(36)32-24/h1,7-8,10-13,24H,6,9,14H2,2-4H3,(H,33,34)(H2,31,32,36)/b30-13+/t24-/m0/s1. The number of esters is 1. The molecule has 3 N–H and O–H groups in total. The quantitative estimate of drug-likeness (QED) is 0.157. The van der Waals surface area contributed by atoms with Gasteiger partial charge in [0, 0.05) is 16.3 Å². The molecule has 11 nitrogen and oxygen atoms in total. The highest BCUT2D eigenvalue weighted by atomic mass is 35.5. The van der Waals surface area contributed by atoms with Crippen LogP contribution >= 0.6 is 23.2 Å². The summed E-state index contributed by atoms with van der Waals surface area (Å²) in [7, 11) is 1.42. The van der Waals surface area contributed by atoms with Gasteiger partial charge < -0.3 is 29.6 Å². The van der Waals surface area contributed by atoms with Gasteiger partial charge in [-0.1, -0.05) is 35.2 Å². The second-order valence-corrected chi connectivity index (χ2v) is 8.93. The van der Waals surface area contributed by atoms with Gasteiger partial charge >= 0.3 is 12.0 Å². The zero-order valence-electron chi connectivity index (χ0n) is 21.8. The Morgan fingerprint density at radius 2 is 1.98 bits per heavy atom. The van der Waals surface area contributed by atoms with Crippen molar-refractivity contribution in [1.29, 1.82) is 0 Å². The molecular formula is C27H26Cl2N4O7. The molecule has 13 heteroatoms. The van der Waals surface area contributed by atoms with Crippen LogP contribution in [-0.2, 0) is 14.3 Å². The Morgan fingerprint density at radius 3 is 2.67 bits per heavy atom. The van der Waals surface area contributed by atoms with Gasteiger partial charge in [-0.25, -0.2) is 15.0 Å². The van der Waals surface area contributed by atoms with Crippen molar-refractivity contribution in [1.82, 2.24) is 16.1 Å². The number of allylic oxidation sites excluding steroid dienone is 1. The van der Waals surface area contributed by atoms with E-state index in [-0.39, 0.29) is 41.1 Å². The SMILES string of the molecule is C#CCOc1c(Cl)cc(Cl)cc1/C=N/NC(=O)COc1ccc([C@@H]2NC(=O)NC(C)=C2C(=O)OCC)cc1OC. The van der Waals surface area contributed by atoms with Crippen LogP contribution in [-0.4, -0.2) is 51.1 Å². The third-order valence-electron chi connectivity index (χ3n) is 5.37. The highest BCUT2D eigenvalue weighted by Crippen LogP contribution is 2.35. The number of hydrogen-bond donors (Lipinski definition) is 3. The molecule has 3 amide bonds. The molecule has 1 atom stereocenters. The summed E-state index contributed by atoms with van der Waals surface area (Å²) in [5, 5.41) is 9.76. The van der Waals surface area contributed by atoms with Gasteiger partial charge in [-0.05, 0) is 43.7 Å². The molecule has 0 unspecified atom stereocenters. The highest BCUT2D eigenvalue weighted by Gasteiger charge is 2.32. The maximum Gasteiger partial charge on any atom is 0.338 e. The molecule has 1 aliphatic rings. The van der Waals surface area contributed by atoms with Crippen LogP contribution in [0.25, 0.3) is 0 Å². The second-order valence-electron chi connectivity index (χ2n) is 8.08. The van der Waals surface area contributed by atoms with E-state index >= 15 is 0 Å². The van der Waals surface area contributed by atoms with Crippen LogP contribution in [0.5, 0.6) is 17.2 Å². The van der Waals surface area contributed by atoms with Crippen molar-refractivity contribution in [2.75, 3.05) is 26.9 Å². The molecule has 210 valence electrons. The zero-order chi connectivity index (χ0) is 29.2. The topological polar surface area (TPSA) is 137 Å². The van der Waals surface area contributed by atoms with Crippen molar-refractivity contribution >= 4 is 47.3 Å². The summed E-state index contributed by atoms with van der Waals surface area (Å²) in [4.78, 5) is 37.0. The van der Waals surface area contributed by atoms with Crippen LogP contribution in [0, 0.1) is 12.3 Å². The minimum atomic E-state index is -0.789. The summed E-state index contributed by atoms with van der Waals surface area (Å²) >= 11 is 12.2. The lowest BCUT2D eigenvalue weighted by molar-refractivity contribution is -0.139. The fourth-order valence-electron chi connectivity index (χ4n) is 3.70. The number of amides is 3. The molecule has 0 spiro atoms. The molecular weight excluding hydrogens is 563 g/mol. The van der Waals surface area contributed by atoms with E-state index in [9.17, 15) is 14.4 Å². The number of rotatable bonds is 11. The van der Waals surface area contributed by atoms with E-state index in [1.54, 1.807) is 38.1 Å². The lowest BCUT2D eigenvalue weighted by atomic mass is 9.95. The number of methoxy groups -OCH3 is 1. The van der Waals surface area contributed by atoms with Crippen molar-refractivity contribution in [3.8, 4) is 29.6 Å². The van der Waals surface area contributed by atoms with Crippen LogP contribution < -0.4 is 30.3 Å². The predicted molar refractivity (Wildman–Crippen MR) is 149 cm³/mol. The third kappa shape index (κ3) is 7.59. The van der Waals surface area contributed by atoms with Gasteiger partial charge in [-0.15, -0.1) is 6.42 Å². The first-order valence-electron chi connectivity index (χ1n) is 11.8. The number of carbonyl (C=O) groups excluding carboxylic acids is 3. The molecule has 0 saturated heterocycles. The molecule has 0 saturated carbocycles. The highest BCUT2D eigenvalue weighted by molar-refractivity contribution is 6.36. The molecule has 0 radical (unpaired) electrons. The van der Waals surface area contributed by atoms with Crippen LogP contribution in [0.4, 0.5) is 4.79 Å². The monoisotopic (exact) mass is 588 g/mol. The molecule has 40 heavy (non-hydrogen) atoms. The Balaban J connectivity index is 1.70. The number of ether oxygens (including phenoxy) is 4. The zero-order valence-corrected chi connectivity index (χ0v) is 23.3. The number of hydrogen-bond acceptors (Lipinski definition) is 8. The minimum Gasteiger partial charge on any atom is -0.493 e. The number of nitrogens with zero attached hydrogens (tertiary/aromatic N) is 1. The first kappa shape index (κ1) is 30.1. The lowest BCUT2D eigenvalue weighted by Crippen LogP contribution is -2.45. The molecule has 2 aromatic rings. The molecule has 0 fully saturated rings. The molecule has 1 heterocycles. The number of hydrazone groups is 1. The largest absolute Gasteiger partial charge is 0.493 e. The van der Waals surface area contributed by atoms with E-state index < -0.39 is 30.6 Å². The first-order chi connectivity index (χ1) is 19.2. The number of nitrogens with one attached hydrogen (secondary N) is 3. The fraction of sp³-hybridized carbons (Fsp3) is 0.259. The summed E-state index contributed by atoms with van der Waals surface area (Å²) in [6.45, 7) is 3.05. The average Bonchev–Trinajstić information content (AvgIpc) is 2.91. The molecule has 0 bridgehead atoms. The molecule has 2 aromatic carbocycles. The van der Waals surface area contributed by atoms with Crippen molar-refractivity contribution in [2.24, 2.45) is 5.10 Å². The number of carbonyl (C=O) groups is 3.